The minimum atomic E-state index is -3.07. The van der Waals surface area contributed by atoms with Gasteiger partial charge < -0.3 is 4.74 Å². The van der Waals surface area contributed by atoms with Crippen LogP contribution in [0.5, 0.6) is 5.75 Å². The summed E-state index contributed by atoms with van der Waals surface area (Å²) in [7, 11) is 0. The number of nitrogens with zero attached hydrogens (tertiary/aromatic N) is 4. The van der Waals surface area contributed by atoms with E-state index in [4.69, 9.17) is 0 Å². The van der Waals surface area contributed by atoms with Crippen molar-refractivity contribution in [2.45, 2.75) is 13.2 Å². The van der Waals surface area contributed by atoms with Crippen molar-refractivity contribution in [1.29, 1.82) is 0 Å². The maximum absolute atomic E-state index is 12.6. The van der Waals surface area contributed by atoms with Crippen LogP contribution in [0.4, 0.5) is 17.6 Å². The standard InChI is InChI=1S/C9H6F4N4O/c10-8(11)17-7(14-15-16-17)5-3-1-2-4-6(5)18-9(12)13/h1-4,8-9H. The first-order valence-corrected chi connectivity index (χ1v) is 4.70. The molecule has 18 heavy (non-hydrogen) atoms. The van der Waals surface area contributed by atoms with Gasteiger partial charge in [-0.3, -0.25) is 0 Å². The van der Waals surface area contributed by atoms with Crippen molar-refractivity contribution >= 4 is 0 Å². The first kappa shape index (κ1) is 12.3. The van der Waals surface area contributed by atoms with Crippen LogP contribution >= 0.6 is 0 Å². The molecule has 0 unspecified atom stereocenters. The van der Waals surface area contributed by atoms with Gasteiger partial charge in [-0.25, -0.2) is 0 Å². The van der Waals surface area contributed by atoms with Gasteiger partial charge in [-0.2, -0.15) is 22.2 Å². The molecule has 0 aliphatic heterocycles. The predicted molar refractivity (Wildman–Crippen MR) is 51.1 cm³/mol. The van der Waals surface area contributed by atoms with Gasteiger partial charge >= 0.3 is 13.2 Å². The largest absolute Gasteiger partial charge is 0.434 e. The van der Waals surface area contributed by atoms with Crippen molar-refractivity contribution in [2.24, 2.45) is 0 Å². The normalized spacial score (nSPS) is 11.2. The van der Waals surface area contributed by atoms with Crippen molar-refractivity contribution in [3.8, 4) is 17.1 Å². The van der Waals surface area contributed by atoms with Crippen LogP contribution in [-0.4, -0.2) is 26.8 Å². The van der Waals surface area contributed by atoms with Gasteiger partial charge in [0.25, 0.3) is 0 Å². The van der Waals surface area contributed by atoms with E-state index < -0.39 is 13.2 Å². The molecule has 0 amide bonds. The minimum Gasteiger partial charge on any atom is -0.434 e. The fourth-order valence-corrected chi connectivity index (χ4v) is 1.35. The van der Waals surface area contributed by atoms with Crippen LogP contribution in [0.15, 0.2) is 24.3 Å². The zero-order valence-electron chi connectivity index (χ0n) is 8.67. The molecule has 96 valence electrons. The lowest BCUT2D eigenvalue weighted by Crippen LogP contribution is -2.06. The second-order valence-electron chi connectivity index (χ2n) is 3.10. The molecule has 5 nitrogen and oxygen atoms in total. The number of para-hydroxylation sites is 1. The van der Waals surface area contributed by atoms with Gasteiger partial charge in [0.2, 0.25) is 0 Å². The fourth-order valence-electron chi connectivity index (χ4n) is 1.35. The minimum absolute atomic E-state index is 0.0388. The van der Waals surface area contributed by atoms with Gasteiger partial charge in [0.05, 0.1) is 5.56 Å². The highest BCUT2D eigenvalue weighted by molar-refractivity contribution is 5.63. The third-order valence-corrected chi connectivity index (χ3v) is 2.02. The number of rotatable bonds is 4. The van der Waals surface area contributed by atoms with E-state index in [1.807, 2.05) is 0 Å². The number of aromatic nitrogens is 4. The van der Waals surface area contributed by atoms with Crippen LogP contribution < -0.4 is 4.74 Å². The molecular formula is C9H6F4N4O. The zero-order valence-corrected chi connectivity index (χ0v) is 8.67. The van der Waals surface area contributed by atoms with Crippen LogP contribution in [0.25, 0.3) is 11.4 Å². The maximum Gasteiger partial charge on any atom is 0.387 e. The third kappa shape index (κ3) is 2.39. The summed E-state index contributed by atoms with van der Waals surface area (Å²) in [5.41, 5.74) is -0.0388. The molecule has 1 aromatic heterocycles. The summed E-state index contributed by atoms with van der Waals surface area (Å²) in [6.07, 6.45) is 0. The van der Waals surface area contributed by atoms with Gasteiger partial charge in [0, 0.05) is 0 Å². The summed E-state index contributed by atoms with van der Waals surface area (Å²) in [6, 6.07) is 5.42. The Morgan fingerprint density at radius 1 is 1.11 bits per heavy atom. The lowest BCUT2D eigenvalue weighted by Gasteiger charge is -2.09. The second-order valence-corrected chi connectivity index (χ2v) is 3.10. The molecule has 1 aromatic carbocycles. The van der Waals surface area contributed by atoms with Crippen LogP contribution in [0.1, 0.15) is 6.55 Å². The highest BCUT2D eigenvalue weighted by atomic mass is 19.3. The fraction of sp³-hybridized carbons (Fsp3) is 0.222. The van der Waals surface area contributed by atoms with Crippen molar-refractivity contribution in [1.82, 2.24) is 20.2 Å². The Morgan fingerprint density at radius 2 is 1.83 bits per heavy atom. The van der Waals surface area contributed by atoms with E-state index in [1.54, 1.807) is 0 Å². The lowest BCUT2D eigenvalue weighted by molar-refractivity contribution is -0.0495. The molecule has 0 atom stereocenters. The van der Waals surface area contributed by atoms with E-state index in [0.29, 0.717) is 0 Å². The molecule has 1 heterocycles. The van der Waals surface area contributed by atoms with E-state index in [2.05, 4.69) is 20.3 Å². The monoisotopic (exact) mass is 262 g/mol. The van der Waals surface area contributed by atoms with Crippen LogP contribution in [0.2, 0.25) is 0 Å². The molecule has 0 saturated heterocycles. The average Bonchev–Trinajstić information content (AvgIpc) is 2.77. The van der Waals surface area contributed by atoms with Gasteiger partial charge in [-0.15, -0.1) is 5.10 Å². The topological polar surface area (TPSA) is 52.8 Å². The molecule has 0 N–H and O–H groups in total. The number of tetrazole rings is 1. The van der Waals surface area contributed by atoms with E-state index in [1.165, 1.54) is 24.3 Å². The molecule has 0 fully saturated rings. The first-order valence-electron chi connectivity index (χ1n) is 4.70. The Bertz CT molecular complexity index is 531. The van der Waals surface area contributed by atoms with Gasteiger partial charge in [-0.05, 0) is 22.6 Å². The molecular weight excluding hydrogens is 256 g/mol. The molecule has 9 heteroatoms. The van der Waals surface area contributed by atoms with Crippen molar-refractivity contribution in [2.75, 3.05) is 0 Å². The summed E-state index contributed by atoms with van der Waals surface area (Å²) in [5.74, 6) is -0.620. The summed E-state index contributed by atoms with van der Waals surface area (Å²) in [4.78, 5) is 0. The first-order chi connectivity index (χ1) is 8.59. The quantitative estimate of drug-likeness (QED) is 0.793. The van der Waals surface area contributed by atoms with Gasteiger partial charge in [-0.1, -0.05) is 12.1 Å². The molecule has 0 aliphatic carbocycles. The Balaban J connectivity index is 2.46. The molecule has 0 radical (unpaired) electrons. The number of hydrogen-bond acceptors (Lipinski definition) is 4. The van der Waals surface area contributed by atoms with E-state index in [9.17, 15) is 17.6 Å². The summed E-state index contributed by atoms with van der Waals surface area (Å²) < 4.78 is 53.9. The van der Waals surface area contributed by atoms with Crippen molar-refractivity contribution in [3.63, 3.8) is 0 Å². The Labute approximate surface area is 98.0 Å². The molecule has 0 spiro atoms. The molecule has 0 aliphatic rings. The Morgan fingerprint density at radius 3 is 2.50 bits per heavy atom. The van der Waals surface area contributed by atoms with Gasteiger partial charge in [0.15, 0.2) is 5.82 Å². The SMILES string of the molecule is FC(F)Oc1ccccc1-c1nnnn1C(F)F. The average molecular weight is 262 g/mol. The number of ether oxygens (including phenoxy) is 1. The third-order valence-electron chi connectivity index (χ3n) is 2.02. The van der Waals surface area contributed by atoms with Crippen LogP contribution in [0, 0.1) is 0 Å². The molecule has 0 bridgehead atoms. The van der Waals surface area contributed by atoms with Crippen molar-refractivity contribution < 1.29 is 22.3 Å². The number of alkyl halides is 4. The smallest absolute Gasteiger partial charge is 0.387 e. The maximum atomic E-state index is 12.6. The molecule has 2 rings (SSSR count). The lowest BCUT2D eigenvalue weighted by atomic mass is 10.2. The van der Waals surface area contributed by atoms with Crippen LogP contribution in [0.3, 0.4) is 0 Å². The Kier molecular flexibility index (Phi) is 3.40. The Hall–Kier alpha value is -2.19. The van der Waals surface area contributed by atoms with E-state index in [0.717, 1.165) is 0 Å². The van der Waals surface area contributed by atoms with Crippen molar-refractivity contribution in [3.05, 3.63) is 24.3 Å². The highest BCUT2D eigenvalue weighted by Crippen LogP contribution is 2.30. The zero-order chi connectivity index (χ0) is 13.1. The molecule has 0 saturated carbocycles. The summed E-state index contributed by atoms with van der Waals surface area (Å²) >= 11 is 0. The van der Waals surface area contributed by atoms with E-state index >= 15 is 0 Å². The van der Waals surface area contributed by atoms with E-state index in [-0.39, 0.29) is 21.8 Å². The number of halogens is 4. The highest BCUT2D eigenvalue weighted by Gasteiger charge is 2.20. The number of benzene rings is 1. The predicted octanol–water partition coefficient (Wildman–Crippen LogP) is 2.34. The summed E-state index contributed by atoms with van der Waals surface area (Å²) in [6.45, 7) is -6.04. The van der Waals surface area contributed by atoms with Gasteiger partial charge in [0.1, 0.15) is 5.75 Å². The van der Waals surface area contributed by atoms with Crippen LogP contribution in [-0.2, 0) is 0 Å². The molecule has 2 aromatic rings. The second kappa shape index (κ2) is 4.98. The summed E-state index contributed by atoms with van der Waals surface area (Å²) in [5, 5.41) is 9.53. The number of hydrogen-bond donors (Lipinski definition) is 0.